The second-order valence-electron chi connectivity index (χ2n) is 2.89. The lowest BCUT2D eigenvalue weighted by molar-refractivity contribution is -0.138. The van der Waals surface area contributed by atoms with Crippen LogP contribution in [0.2, 0.25) is 0 Å². The van der Waals surface area contributed by atoms with Crippen LogP contribution < -0.4 is 0 Å². The molecule has 1 radical (unpaired) electrons. The summed E-state index contributed by atoms with van der Waals surface area (Å²) in [4.78, 5) is 12.8. The Balaban J connectivity index is 2.39. The number of amides is 1. The number of hydrogen-bond donors (Lipinski definition) is 1. The Morgan fingerprint density at radius 2 is 2.36 bits per heavy atom. The summed E-state index contributed by atoms with van der Waals surface area (Å²) >= 11 is 0. The molecule has 63 valence electrons. The van der Waals surface area contributed by atoms with E-state index in [1.165, 1.54) is 6.92 Å². The topological polar surface area (TPSA) is 40.5 Å². The molecule has 11 heavy (non-hydrogen) atoms. The molecule has 0 saturated carbocycles. The average molecular weight is 156 g/mol. The molecule has 1 N–H and O–H groups in total. The average Bonchev–Trinajstić information content (AvgIpc) is 2.05. The SMILES string of the molecule is CC(O)C(=O)N1[CH]CCCC1. The minimum Gasteiger partial charge on any atom is -0.384 e. The normalized spacial score (nSPS) is 21.5. The summed E-state index contributed by atoms with van der Waals surface area (Å²) in [5.41, 5.74) is 0. The van der Waals surface area contributed by atoms with Crippen LogP contribution >= 0.6 is 0 Å². The summed E-state index contributed by atoms with van der Waals surface area (Å²) in [6, 6.07) is 0. The predicted octanol–water partition coefficient (Wildman–Crippen LogP) is 0.541. The van der Waals surface area contributed by atoms with Crippen molar-refractivity contribution in [2.75, 3.05) is 6.54 Å². The third-order valence-corrected chi connectivity index (χ3v) is 1.84. The van der Waals surface area contributed by atoms with Gasteiger partial charge in [-0.25, -0.2) is 0 Å². The lowest BCUT2D eigenvalue weighted by Crippen LogP contribution is -2.38. The highest BCUT2D eigenvalue weighted by atomic mass is 16.3. The maximum absolute atomic E-state index is 11.1. The van der Waals surface area contributed by atoms with Crippen molar-refractivity contribution in [1.82, 2.24) is 4.90 Å². The number of rotatable bonds is 1. The summed E-state index contributed by atoms with van der Waals surface area (Å²) in [6.45, 7) is 4.15. The Kier molecular flexibility index (Phi) is 2.88. The van der Waals surface area contributed by atoms with Gasteiger partial charge in [-0.1, -0.05) is 0 Å². The number of carbonyl (C=O) groups excluding carboxylic acids is 1. The van der Waals surface area contributed by atoms with Gasteiger partial charge in [0.05, 0.1) is 6.54 Å². The smallest absolute Gasteiger partial charge is 0.251 e. The van der Waals surface area contributed by atoms with Crippen LogP contribution in [0.15, 0.2) is 0 Å². The molecule has 1 heterocycles. The van der Waals surface area contributed by atoms with E-state index in [-0.39, 0.29) is 5.91 Å². The van der Waals surface area contributed by atoms with Gasteiger partial charge in [0, 0.05) is 6.54 Å². The van der Waals surface area contributed by atoms with Crippen LogP contribution in [0.3, 0.4) is 0 Å². The summed E-state index contributed by atoms with van der Waals surface area (Å²) < 4.78 is 0. The molecule has 1 unspecified atom stereocenters. The molecule has 1 rings (SSSR count). The van der Waals surface area contributed by atoms with Gasteiger partial charge in [-0.3, -0.25) is 4.79 Å². The van der Waals surface area contributed by atoms with Gasteiger partial charge in [-0.15, -0.1) is 0 Å². The zero-order valence-corrected chi connectivity index (χ0v) is 6.79. The number of likely N-dealkylation sites (tertiary alicyclic amines) is 1. The third-order valence-electron chi connectivity index (χ3n) is 1.84. The molecule has 3 nitrogen and oxygen atoms in total. The van der Waals surface area contributed by atoms with Crippen LogP contribution in [0, 0.1) is 6.54 Å². The molecule has 1 saturated heterocycles. The van der Waals surface area contributed by atoms with Crippen LogP contribution in [-0.4, -0.2) is 28.6 Å². The van der Waals surface area contributed by atoms with Gasteiger partial charge >= 0.3 is 0 Å². The quantitative estimate of drug-likeness (QED) is 0.602. The van der Waals surface area contributed by atoms with Crippen LogP contribution in [0.4, 0.5) is 0 Å². The third kappa shape index (κ3) is 2.19. The lowest BCUT2D eigenvalue weighted by atomic mass is 10.1. The maximum Gasteiger partial charge on any atom is 0.251 e. The Morgan fingerprint density at radius 1 is 1.64 bits per heavy atom. The highest BCUT2D eigenvalue weighted by Gasteiger charge is 2.19. The van der Waals surface area contributed by atoms with Gasteiger partial charge < -0.3 is 10.0 Å². The van der Waals surface area contributed by atoms with Crippen molar-refractivity contribution >= 4 is 5.91 Å². The van der Waals surface area contributed by atoms with E-state index in [1.807, 2.05) is 6.54 Å². The van der Waals surface area contributed by atoms with Crippen molar-refractivity contribution in [3.8, 4) is 0 Å². The van der Waals surface area contributed by atoms with Gasteiger partial charge in [0.15, 0.2) is 0 Å². The molecule has 0 aromatic rings. The molecular formula is C8H14NO2. The number of aliphatic hydroxyl groups excluding tert-OH is 1. The van der Waals surface area contributed by atoms with Crippen LogP contribution in [-0.2, 0) is 4.79 Å². The van der Waals surface area contributed by atoms with Gasteiger partial charge in [0.25, 0.3) is 5.91 Å². The fourth-order valence-electron chi connectivity index (χ4n) is 1.21. The highest BCUT2D eigenvalue weighted by Crippen LogP contribution is 2.13. The first-order chi connectivity index (χ1) is 5.22. The molecule has 1 amide bonds. The van der Waals surface area contributed by atoms with E-state index < -0.39 is 6.10 Å². The molecule has 1 fully saturated rings. The Hall–Kier alpha value is -0.570. The number of hydrogen-bond acceptors (Lipinski definition) is 2. The molecule has 0 spiro atoms. The second kappa shape index (κ2) is 3.72. The molecule has 0 aliphatic carbocycles. The van der Waals surface area contributed by atoms with Gasteiger partial charge in [0.1, 0.15) is 6.10 Å². The Labute approximate surface area is 67.0 Å². The second-order valence-corrected chi connectivity index (χ2v) is 2.89. The lowest BCUT2D eigenvalue weighted by Gasteiger charge is -2.26. The Bertz CT molecular complexity index is 139. The van der Waals surface area contributed by atoms with E-state index in [2.05, 4.69) is 0 Å². The first-order valence-corrected chi connectivity index (χ1v) is 4.03. The van der Waals surface area contributed by atoms with Gasteiger partial charge in [-0.2, -0.15) is 0 Å². The molecule has 0 aromatic heterocycles. The van der Waals surface area contributed by atoms with Crippen molar-refractivity contribution in [2.45, 2.75) is 32.3 Å². The van der Waals surface area contributed by atoms with Gasteiger partial charge in [0.2, 0.25) is 0 Å². The van der Waals surface area contributed by atoms with E-state index in [9.17, 15) is 4.79 Å². The van der Waals surface area contributed by atoms with E-state index in [1.54, 1.807) is 4.90 Å². The fraction of sp³-hybridized carbons (Fsp3) is 0.750. The van der Waals surface area contributed by atoms with E-state index in [0.29, 0.717) is 0 Å². The minimum atomic E-state index is -0.857. The van der Waals surface area contributed by atoms with Crippen molar-refractivity contribution in [1.29, 1.82) is 0 Å². The maximum atomic E-state index is 11.1. The van der Waals surface area contributed by atoms with Gasteiger partial charge in [-0.05, 0) is 26.2 Å². The molecule has 1 aliphatic rings. The molecule has 0 aromatic carbocycles. The molecule has 0 bridgehead atoms. The summed E-state index contributed by atoms with van der Waals surface area (Å²) in [7, 11) is 0. The Morgan fingerprint density at radius 3 is 2.82 bits per heavy atom. The summed E-state index contributed by atoms with van der Waals surface area (Å²) in [5, 5.41) is 8.96. The van der Waals surface area contributed by atoms with E-state index >= 15 is 0 Å². The van der Waals surface area contributed by atoms with Crippen molar-refractivity contribution < 1.29 is 9.90 Å². The van der Waals surface area contributed by atoms with Crippen LogP contribution in [0.1, 0.15) is 26.2 Å². The van der Waals surface area contributed by atoms with Crippen LogP contribution in [0.25, 0.3) is 0 Å². The molecular weight excluding hydrogens is 142 g/mol. The predicted molar refractivity (Wildman–Crippen MR) is 41.5 cm³/mol. The minimum absolute atomic E-state index is 0.176. The fourth-order valence-corrected chi connectivity index (χ4v) is 1.21. The number of carbonyl (C=O) groups is 1. The first kappa shape index (κ1) is 8.53. The zero-order valence-electron chi connectivity index (χ0n) is 6.79. The van der Waals surface area contributed by atoms with E-state index in [4.69, 9.17) is 5.11 Å². The number of nitrogens with zero attached hydrogens (tertiary/aromatic N) is 1. The van der Waals surface area contributed by atoms with E-state index in [0.717, 1.165) is 25.8 Å². The van der Waals surface area contributed by atoms with Crippen molar-refractivity contribution in [3.63, 3.8) is 0 Å². The largest absolute Gasteiger partial charge is 0.384 e. The molecule has 3 heteroatoms. The van der Waals surface area contributed by atoms with Crippen molar-refractivity contribution in [2.24, 2.45) is 0 Å². The van der Waals surface area contributed by atoms with Crippen molar-refractivity contribution in [3.05, 3.63) is 6.54 Å². The zero-order chi connectivity index (χ0) is 8.27. The first-order valence-electron chi connectivity index (χ1n) is 4.03. The monoisotopic (exact) mass is 156 g/mol. The molecule has 1 atom stereocenters. The number of piperidine rings is 1. The van der Waals surface area contributed by atoms with Crippen LogP contribution in [0.5, 0.6) is 0 Å². The summed E-state index contributed by atoms with van der Waals surface area (Å²) in [5.74, 6) is -0.176. The summed E-state index contributed by atoms with van der Waals surface area (Å²) in [6.07, 6.45) is 2.31. The highest BCUT2D eigenvalue weighted by molar-refractivity contribution is 5.80. The molecule has 1 aliphatic heterocycles. The standard InChI is InChI=1S/C8H14NO2/c1-7(10)8(11)9-5-3-2-4-6-9/h5,7,10H,2-4,6H2,1H3. The number of aliphatic hydroxyl groups is 1.